The number of sulfonamides is 1. The summed E-state index contributed by atoms with van der Waals surface area (Å²) >= 11 is 0. The molecule has 0 saturated carbocycles. The fraction of sp³-hybridized carbons (Fsp3) is 0.409. The fourth-order valence-corrected chi connectivity index (χ4v) is 4.84. The number of ether oxygens (including phenoxy) is 1. The molecule has 7 heteroatoms. The van der Waals surface area contributed by atoms with E-state index < -0.39 is 10.0 Å². The standard InChI is InChI=1S/C22H28N2O4S/c1-3-21(19-8-4-17(2)5-9-19)23-22(25)20-10-6-18(7-11-20)16-29(26,27)24-12-14-28-15-13-24/h4-11,21H,3,12-16H2,1-2H3,(H,23,25)/t21-/m1/s1. The smallest absolute Gasteiger partial charge is 0.251 e. The van der Waals surface area contributed by atoms with Crippen molar-refractivity contribution in [3.8, 4) is 0 Å². The molecular formula is C22H28N2O4S. The summed E-state index contributed by atoms with van der Waals surface area (Å²) in [7, 11) is -3.38. The van der Waals surface area contributed by atoms with Crippen LogP contribution in [0.1, 0.15) is 46.4 Å². The summed E-state index contributed by atoms with van der Waals surface area (Å²) in [6.45, 7) is 5.70. The van der Waals surface area contributed by atoms with Gasteiger partial charge in [0.25, 0.3) is 5.91 Å². The van der Waals surface area contributed by atoms with E-state index in [1.807, 2.05) is 38.1 Å². The Balaban J connectivity index is 1.64. The minimum absolute atomic E-state index is 0.0653. The van der Waals surface area contributed by atoms with Crippen LogP contribution in [-0.2, 0) is 20.5 Å². The van der Waals surface area contributed by atoms with E-state index in [1.165, 1.54) is 9.87 Å². The zero-order valence-corrected chi connectivity index (χ0v) is 17.7. The van der Waals surface area contributed by atoms with Gasteiger partial charge in [0, 0.05) is 18.7 Å². The van der Waals surface area contributed by atoms with Crippen LogP contribution in [0.2, 0.25) is 0 Å². The number of morpholine rings is 1. The number of amides is 1. The Morgan fingerprint density at radius 3 is 2.28 bits per heavy atom. The number of nitrogens with zero attached hydrogens (tertiary/aromatic N) is 1. The highest BCUT2D eigenvalue weighted by Crippen LogP contribution is 2.19. The van der Waals surface area contributed by atoms with Crippen LogP contribution < -0.4 is 5.32 Å². The predicted molar refractivity (Wildman–Crippen MR) is 113 cm³/mol. The van der Waals surface area contributed by atoms with Crippen LogP contribution in [0.4, 0.5) is 0 Å². The Kier molecular flexibility index (Phi) is 7.05. The van der Waals surface area contributed by atoms with Crippen molar-refractivity contribution in [1.29, 1.82) is 0 Å². The van der Waals surface area contributed by atoms with Crippen molar-refractivity contribution in [1.82, 2.24) is 9.62 Å². The second-order valence-corrected chi connectivity index (χ2v) is 9.28. The van der Waals surface area contributed by atoms with Gasteiger partial charge in [-0.05, 0) is 36.6 Å². The Morgan fingerprint density at radius 2 is 1.69 bits per heavy atom. The largest absolute Gasteiger partial charge is 0.379 e. The van der Waals surface area contributed by atoms with E-state index in [0.29, 0.717) is 37.4 Å². The van der Waals surface area contributed by atoms with Crippen LogP contribution in [0, 0.1) is 6.92 Å². The molecule has 6 nitrogen and oxygen atoms in total. The van der Waals surface area contributed by atoms with Crippen LogP contribution in [0.5, 0.6) is 0 Å². The Morgan fingerprint density at radius 1 is 1.07 bits per heavy atom. The molecule has 2 aromatic carbocycles. The van der Waals surface area contributed by atoms with Gasteiger partial charge in [0.2, 0.25) is 10.0 Å². The third-order valence-electron chi connectivity index (χ3n) is 5.12. The Labute approximate surface area is 172 Å². The lowest BCUT2D eigenvalue weighted by Crippen LogP contribution is -2.41. The first-order valence-electron chi connectivity index (χ1n) is 9.91. The summed E-state index contributed by atoms with van der Waals surface area (Å²) < 4.78 is 31.7. The quantitative estimate of drug-likeness (QED) is 0.753. The topological polar surface area (TPSA) is 75.7 Å². The molecule has 1 amide bonds. The molecule has 1 aliphatic heterocycles. The van der Waals surface area contributed by atoms with Gasteiger partial charge in [-0.25, -0.2) is 8.42 Å². The lowest BCUT2D eigenvalue weighted by Gasteiger charge is -2.26. The van der Waals surface area contributed by atoms with Gasteiger partial charge in [-0.15, -0.1) is 0 Å². The zero-order chi connectivity index (χ0) is 20.9. The lowest BCUT2D eigenvalue weighted by atomic mass is 10.0. The Bertz CT molecular complexity index is 918. The van der Waals surface area contributed by atoms with E-state index in [-0.39, 0.29) is 17.7 Å². The van der Waals surface area contributed by atoms with Crippen molar-refractivity contribution >= 4 is 15.9 Å². The van der Waals surface area contributed by atoms with Gasteiger partial charge in [0.15, 0.2) is 0 Å². The highest BCUT2D eigenvalue weighted by atomic mass is 32.2. The molecule has 3 rings (SSSR count). The number of hydrogen-bond acceptors (Lipinski definition) is 4. The van der Waals surface area contributed by atoms with E-state index in [0.717, 1.165) is 12.0 Å². The highest BCUT2D eigenvalue weighted by molar-refractivity contribution is 7.88. The number of benzene rings is 2. The molecule has 156 valence electrons. The minimum atomic E-state index is -3.38. The van der Waals surface area contributed by atoms with Crippen LogP contribution >= 0.6 is 0 Å². The summed E-state index contributed by atoms with van der Waals surface area (Å²) in [6, 6.07) is 14.8. The first kappa shape index (κ1) is 21.5. The van der Waals surface area contributed by atoms with E-state index in [9.17, 15) is 13.2 Å². The Hall–Kier alpha value is -2.22. The van der Waals surface area contributed by atoms with Crippen molar-refractivity contribution in [2.24, 2.45) is 0 Å². The molecule has 1 fully saturated rings. The number of hydrogen-bond donors (Lipinski definition) is 1. The van der Waals surface area contributed by atoms with E-state index in [2.05, 4.69) is 5.32 Å². The number of rotatable bonds is 7. The molecule has 1 aliphatic rings. The maximum atomic E-state index is 12.6. The van der Waals surface area contributed by atoms with Gasteiger partial charge in [-0.3, -0.25) is 4.79 Å². The second kappa shape index (κ2) is 9.52. The molecule has 1 N–H and O–H groups in total. The maximum Gasteiger partial charge on any atom is 0.251 e. The summed E-state index contributed by atoms with van der Waals surface area (Å²) in [5.41, 5.74) is 3.43. The minimum Gasteiger partial charge on any atom is -0.379 e. The normalized spacial score (nSPS) is 16.3. The van der Waals surface area contributed by atoms with Crippen LogP contribution in [0.3, 0.4) is 0 Å². The number of carbonyl (C=O) groups is 1. The van der Waals surface area contributed by atoms with Crippen molar-refractivity contribution in [2.45, 2.75) is 32.1 Å². The molecule has 2 aromatic rings. The van der Waals surface area contributed by atoms with Gasteiger partial charge in [-0.2, -0.15) is 4.31 Å². The maximum absolute atomic E-state index is 12.6. The van der Waals surface area contributed by atoms with Gasteiger partial charge in [0.1, 0.15) is 0 Å². The van der Waals surface area contributed by atoms with E-state index in [1.54, 1.807) is 24.3 Å². The van der Waals surface area contributed by atoms with Gasteiger partial charge >= 0.3 is 0 Å². The zero-order valence-electron chi connectivity index (χ0n) is 16.9. The van der Waals surface area contributed by atoms with Crippen molar-refractivity contribution in [3.05, 3.63) is 70.8 Å². The lowest BCUT2D eigenvalue weighted by molar-refractivity contribution is 0.0729. The molecule has 0 radical (unpaired) electrons. The SMILES string of the molecule is CC[C@@H](NC(=O)c1ccc(CS(=O)(=O)N2CCOCC2)cc1)c1ccc(C)cc1. The first-order chi connectivity index (χ1) is 13.9. The fourth-order valence-electron chi connectivity index (χ4n) is 3.34. The number of aryl methyl sites for hydroxylation is 1. The molecule has 1 heterocycles. The molecule has 0 bridgehead atoms. The first-order valence-corrected chi connectivity index (χ1v) is 11.5. The van der Waals surface area contributed by atoms with E-state index >= 15 is 0 Å². The van der Waals surface area contributed by atoms with Gasteiger partial charge in [-0.1, -0.05) is 48.9 Å². The van der Waals surface area contributed by atoms with Crippen molar-refractivity contribution in [2.75, 3.05) is 26.3 Å². The molecule has 0 unspecified atom stereocenters. The average molecular weight is 417 g/mol. The second-order valence-electron chi connectivity index (χ2n) is 7.31. The average Bonchev–Trinajstić information content (AvgIpc) is 2.73. The van der Waals surface area contributed by atoms with Crippen LogP contribution in [0.15, 0.2) is 48.5 Å². The summed E-state index contributed by atoms with van der Waals surface area (Å²) in [6.07, 6.45) is 0.782. The van der Waals surface area contributed by atoms with Crippen molar-refractivity contribution < 1.29 is 17.9 Å². The summed E-state index contributed by atoms with van der Waals surface area (Å²) in [4.78, 5) is 12.6. The molecule has 1 saturated heterocycles. The number of nitrogens with one attached hydrogen (secondary N) is 1. The molecule has 0 aliphatic carbocycles. The number of carbonyl (C=O) groups excluding carboxylic acids is 1. The molecule has 0 spiro atoms. The van der Waals surface area contributed by atoms with Gasteiger partial charge < -0.3 is 10.1 Å². The molecular weight excluding hydrogens is 388 g/mol. The third kappa shape index (κ3) is 5.65. The molecule has 29 heavy (non-hydrogen) atoms. The highest BCUT2D eigenvalue weighted by Gasteiger charge is 2.24. The summed E-state index contributed by atoms with van der Waals surface area (Å²) in [5, 5.41) is 3.06. The molecule has 0 aromatic heterocycles. The van der Waals surface area contributed by atoms with Crippen LogP contribution in [-0.4, -0.2) is 44.9 Å². The third-order valence-corrected chi connectivity index (χ3v) is 6.97. The molecule has 1 atom stereocenters. The predicted octanol–water partition coefficient (Wildman–Crippen LogP) is 3.04. The van der Waals surface area contributed by atoms with Crippen LogP contribution in [0.25, 0.3) is 0 Å². The van der Waals surface area contributed by atoms with Crippen molar-refractivity contribution in [3.63, 3.8) is 0 Å². The summed E-state index contributed by atoms with van der Waals surface area (Å²) in [5.74, 6) is -0.240. The van der Waals surface area contributed by atoms with E-state index in [4.69, 9.17) is 4.74 Å². The van der Waals surface area contributed by atoms with Gasteiger partial charge in [0.05, 0.1) is 25.0 Å². The monoisotopic (exact) mass is 416 g/mol.